The molecule has 2 aromatic carbocycles. The van der Waals surface area contributed by atoms with Crippen molar-refractivity contribution in [3.05, 3.63) is 65.2 Å². The van der Waals surface area contributed by atoms with Crippen molar-refractivity contribution in [2.75, 3.05) is 20.3 Å². The van der Waals surface area contributed by atoms with Crippen molar-refractivity contribution in [3.8, 4) is 5.75 Å². The Kier molecular flexibility index (Phi) is 6.45. The summed E-state index contributed by atoms with van der Waals surface area (Å²) < 4.78 is 10.8. The van der Waals surface area contributed by atoms with E-state index in [0.29, 0.717) is 12.0 Å². The van der Waals surface area contributed by atoms with Crippen LogP contribution in [0.2, 0.25) is 0 Å². The number of hydrogen-bond acceptors (Lipinski definition) is 4. The number of nitrogens with one attached hydrogen (secondary N) is 1. The van der Waals surface area contributed by atoms with Gasteiger partial charge in [-0.25, -0.2) is 0 Å². The van der Waals surface area contributed by atoms with Crippen molar-refractivity contribution in [1.82, 2.24) is 5.32 Å². The standard InChI is InChI=1S/C21H27NO3/c1-24-20-8-6-18(7-9-20)21(19-10-12-25-13-11-19)22-14-16-2-4-17(15-23)5-3-16/h2-9,19,21-23H,10-15H2,1H3. The lowest BCUT2D eigenvalue weighted by atomic mass is 9.87. The molecule has 4 heteroatoms. The normalized spacial score (nSPS) is 16.6. The minimum Gasteiger partial charge on any atom is -0.497 e. The molecule has 25 heavy (non-hydrogen) atoms. The molecule has 1 unspecified atom stereocenters. The molecule has 1 atom stereocenters. The van der Waals surface area contributed by atoms with E-state index >= 15 is 0 Å². The molecule has 0 aromatic heterocycles. The molecular formula is C21H27NO3. The zero-order chi connectivity index (χ0) is 17.5. The zero-order valence-corrected chi connectivity index (χ0v) is 14.8. The Bertz CT molecular complexity index is 633. The van der Waals surface area contributed by atoms with Gasteiger partial charge in [0, 0.05) is 25.8 Å². The lowest BCUT2D eigenvalue weighted by Crippen LogP contribution is -2.32. The number of methoxy groups -OCH3 is 1. The van der Waals surface area contributed by atoms with Crippen LogP contribution in [0.3, 0.4) is 0 Å². The first-order valence-corrected chi connectivity index (χ1v) is 8.94. The Labute approximate surface area is 149 Å². The van der Waals surface area contributed by atoms with E-state index in [4.69, 9.17) is 9.47 Å². The number of ether oxygens (including phenoxy) is 2. The lowest BCUT2D eigenvalue weighted by molar-refractivity contribution is 0.0533. The van der Waals surface area contributed by atoms with Crippen LogP contribution in [0, 0.1) is 5.92 Å². The van der Waals surface area contributed by atoms with Crippen molar-refractivity contribution < 1.29 is 14.6 Å². The van der Waals surface area contributed by atoms with Crippen molar-refractivity contribution >= 4 is 0 Å². The Hall–Kier alpha value is -1.88. The smallest absolute Gasteiger partial charge is 0.118 e. The predicted molar refractivity (Wildman–Crippen MR) is 98.5 cm³/mol. The van der Waals surface area contributed by atoms with Crippen molar-refractivity contribution in [3.63, 3.8) is 0 Å². The van der Waals surface area contributed by atoms with E-state index in [9.17, 15) is 5.11 Å². The summed E-state index contributed by atoms with van der Waals surface area (Å²) in [5.41, 5.74) is 3.46. The molecule has 1 heterocycles. The summed E-state index contributed by atoms with van der Waals surface area (Å²) in [5.74, 6) is 1.45. The van der Waals surface area contributed by atoms with Gasteiger partial charge in [0.2, 0.25) is 0 Å². The van der Waals surface area contributed by atoms with Gasteiger partial charge < -0.3 is 19.9 Å². The van der Waals surface area contributed by atoms with E-state index in [1.807, 2.05) is 24.3 Å². The summed E-state index contributed by atoms with van der Waals surface area (Å²) in [6, 6.07) is 16.8. The van der Waals surface area contributed by atoms with Gasteiger partial charge in [0.25, 0.3) is 0 Å². The first-order chi connectivity index (χ1) is 12.3. The number of aliphatic hydroxyl groups is 1. The molecule has 0 spiro atoms. The quantitative estimate of drug-likeness (QED) is 0.810. The van der Waals surface area contributed by atoms with E-state index in [1.54, 1.807) is 7.11 Å². The highest BCUT2D eigenvalue weighted by molar-refractivity contribution is 5.30. The third-order valence-electron chi connectivity index (χ3n) is 4.94. The number of hydrogen-bond donors (Lipinski definition) is 2. The van der Waals surface area contributed by atoms with Crippen LogP contribution in [0.15, 0.2) is 48.5 Å². The molecular weight excluding hydrogens is 314 g/mol. The molecule has 1 fully saturated rings. The maximum absolute atomic E-state index is 9.17. The summed E-state index contributed by atoms with van der Waals surface area (Å²) in [7, 11) is 1.69. The van der Waals surface area contributed by atoms with Gasteiger partial charge in [0.05, 0.1) is 13.7 Å². The lowest BCUT2D eigenvalue weighted by Gasteiger charge is -2.31. The van der Waals surface area contributed by atoms with E-state index in [1.165, 1.54) is 11.1 Å². The zero-order valence-electron chi connectivity index (χ0n) is 14.8. The third-order valence-corrected chi connectivity index (χ3v) is 4.94. The van der Waals surface area contributed by atoms with E-state index < -0.39 is 0 Å². The molecule has 3 rings (SSSR count). The van der Waals surface area contributed by atoms with Crippen LogP contribution in [0.4, 0.5) is 0 Å². The molecule has 0 saturated carbocycles. The molecule has 2 N–H and O–H groups in total. The third kappa shape index (κ3) is 4.82. The number of rotatable bonds is 7. The van der Waals surface area contributed by atoms with Gasteiger partial charge in [0.15, 0.2) is 0 Å². The monoisotopic (exact) mass is 341 g/mol. The van der Waals surface area contributed by atoms with E-state index in [-0.39, 0.29) is 6.61 Å². The van der Waals surface area contributed by atoms with Gasteiger partial charge in [-0.05, 0) is 47.6 Å². The molecule has 1 aliphatic rings. The van der Waals surface area contributed by atoms with Crippen molar-refractivity contribution in [2.45, 2.75) is 32.0 Å². The summed E-state index contributed by atoms with van der Waals surface area (Å²) in [6.45, 7) is 2.57. The second-order valence-electron chi connectivity index (χ2n) is 6.56. The SMILES string of the molecule is COc1ccc(C(NCc2ccc(CO)cc2)C2CCOCC2)cc1. The Balaban J connectivity index is 1.72. The Morgan fingerprint density at radius 2 is 1.68 bits per heavy atom. The summed E-state index contributed by atoms with van der Waals surface area (Å²) in [6.07, 6.45) is 2.15. The number of benzene rings is 2. The molecule has 0 aliphatic carbocycles. The topological polar surface area (TPSA) is 50.7 Å². The van der Waals surface area contributed by atoms with E-state index in [2.05, 4.69) is 29.6 Å². The first kappa shape index (κ1) is 17.9. The largest absolute Gasteiger partial charge is 0.497 e. The van der Waals surface area contributed by atoms with Crippen LogP contribution in [0.1, 0.15) is 35.6 Å². The van der Waals surface area contributed by atoms with Crippen molar-refractivity contribution in [2.24, 2.45) is 5.92 Å². The van der Waals surface area contributed by atoms with Crippen LogP contribution in [-0.4, -0.2) is 25.4 Å². The highest BCUT2D eigenvalue weighted by Crippen LogP contribution is 2.31. The minimum atomic E-state index is 0.0876. The molecule has 1 aliphatic heterocycles. The van der Waals surface area contributed by atoms with Gasteiger partial charge in [-0.1, -0.05) is 36.4 Å². The van der Waals surface area contributed by atoms with Crippen LogP contribution in [0.5, 0.6) is 5.75 Å². The predicted octanol–water partition coefficient (Wildman–Crippen LogP) is 3.45. The Morgan fingerprint density at radius 1 is 1.04 bits per heavy atom. The van der Waals surface area contributed by atoms with Gasteiger partial charge in [0.1, 0.15) is 5.75 Å². The first-order valence-electron chi connectivity index (χ1n) is 8.94. The molecule has 0 radical (unpaired) electrons. The fraction of sp³-hybridized carbons (Fsp3) is 0.429. The minimum absolute atomic E-state index is 0.0876. The summed E-state index contributed by atoms with van der Waals surface area (Å²) in [5, 5.41) is 12.9. The van der Waals surface area contributed by atoms with Gasteiger partial charge in [-0.2, -0.15) is 0 Å². The molecule has 134 valence electrons. The van der Waals surface area contributed by atoms with Gasteiger partial charge in [-0.3, -0.25) is 0 Å². The maximum Gasteiger partial charge on any atom is 0.118 e. The van der Waals surface area contributed by atoms with Gasteiger partial charge >= 0.3 is 0 Å². The average Bonchev–Trinajstić information content (AvgIpc) is 2.70. The second kappa shape index (κ2) is 8.99. The van der Waals surface area contributed by atoms with Crippen LogP contribution < -0.4 is 10.1 Å². The molecule has 2 aromatic rings. The fourth-order valence-corrected chi connectivity index (χ4v) is 3.41. The Morgan fingerprint density at radius 3 is 2.28 bits per heavy atom. The molecule has 0 bridgehead atoms. The second-order valence-corrected chi connectivity index (χ2v) is 6.56. The van der Waals surface area contributed by atoms with Crippen LogP contribution in [-0.2, 0) is 17.9 Å². The molecule has 1 saturated heterocycles. The van der Waals surface area contributed by atoms with Crippen LogP contribution >= 0.6 is 0 Å². The van der Waals surface area contributed by atoms with E-state index in [0.717, 1.165) is 43.9 Å². The molecule has 0 amide bonds. The van der Waals surface area contributed by atoms with Gasteiger partial charge in [-0.15, -0.1) is 0 Å². The molecule has 4 nitrogen and oxygen atoms in total. The maximum atomic E-state index is 9.17. The summed E-state index contributed by atoms with van der Waals surface area (Å²) >= 11 is 0. The summed E-state index contributed by atoms with van der Waals surface area (Å²) in [4.78, 5) is 0. The van der Waals surface area contributed by atoms with Crippen molar-refractivity contribution in [1.29, 1.82) is 0 Å². The number of aliphatic hydroxyl groups excluding tert-OH is 1. The fourth-order valence-electron chi connectivity index (χ4n) is 3.41. The van der Waals surface area contributed by atoms with Crippen LogP contribution in [0.25, 0.3) is 0 Å². The highest BCUT2D eigenvalue weighted by atomic mass is 16.5. The highest BCUT2D eigenvalue weighted by Gasteiger charge is 2.25. The average molecular weight is 341 g/mol.